The number of aliphatic hydroxyl groups is 1. The monoisotopic (exact) mass is 366 g/mol. The highest BCUT2D eigenvalue weighted by Gasteiger charge is 2.30. The molecule has 0 bridgehead atoms. The molecule has 2 aromatic carbocycles. The summed E-state index contributed by atoms with van der Waals surface area (Å²) in [6, 6.07) is 14.3. The van der Waals surface area contributed by atoms with Gasteiger partial charge in [-0.25, -0.2) is 0 Å². The van der Waals surface area contributed by atoms with Crippen molar-refractivity contribution < 1.29 is 10.2 Å². The van der Waals surface area contributed by atoms with Crippen molar-refractivity contribution in [3.63, 3.8) is 0 Å². The number of phenols is 1. The molecule has 0 saturated carbocycles. The lowest BCUT2D eigenvalue weighted by molar-refractivity contribution is 0.0836. The van der Waals surface area contributed by atoms with Crippen molar-refractivity contribution in [1.29, 1.82) is 0 Å². The predicted octanol–water partition coefficient (Wildman–Crippen LogP) is 6.37. The molecule has 2 rings (SSSR count). The molecule has 0 aliphatic rings. The Labute approximate surface area is 164 Å². The summed E-state index contributed by atoms with van der Waals surface area (Å²) in [6.07, 6.45) is 7.40. The normalized spacial score (nSPS) is 12.7. The minimum Gasteiger partial charge on any atom is -0.508 e. The molecular weight excluding hydrogens is 332 g/mol. The van der Waals surface area contributed by atoms with Crippen molar-refractivity contribution >= 4 is 6.08 Å². The van der Waals surface area contributed by atoms with Crippen LogP contribution in [-0.2, 0) is 5.41 Å². The van der Waals surface area contributed by atoms with Crippen LogP contribution in [0.15, 0.2) is 48.5 Å². The Balaban J connectivity index is 2.44. The Morgan fingerprint density at radius 3 is 1.85 bits per heavy atom. The molecule has 0 spiro atoms. The third-order valence-electron chi connectivity index (χ3n) is 6.25. The maximum absolute atomic E-state index is 10.5. The molecule has 0 saturated heterocycles. The van der Waals surface area contributed by atoms with Crippen LogP contribution >= 0.6 is 0 Å². The van der Waals surface area contributed by atoms with E-state index in [1.807, 2.05) is 38.1 Å². The lowest BCUT2D eigenvalue weighted by Gasteiger charge is -2.34. The minimum absolute atomic E-state index is 0.0612. The molecule has 0 aliphatic heterocycles. The molecule has 0 amide bonds. The number of rotatable bonds is 8. The van der Waals surface area contributed by atoms with Crippen LogP contribution in [0.1, 0.15) is 75.6 Å². The molecule has 0 fully saturated rings. The number of aryl methyl sites for hydroxylation is 1. The largest absolute Gasteiger partial charge is 0.508 e. The van der Waals surface area contributed by atoms with Gasteiger partial charge in [0.05, 0.1) is 5.60 Å². The second-order valence-corrected chi connectivity index (χ2v) is 7.55. The van der Waals surface area contributed by atoms with E-state index in [4.69, 9.17) is 0 Å². The van der Waals surface area contributed by atoms with Gasteiger partial charge >= 0.3 is 0 Å². The summed E-state index contributed by atoms with van der Waals surface area (Å²) in [5.41, 5.74) is 4.10. The van der Waals surface area contributed by atoms with Gasteiger partial charge in [-0.3, -0.25) is 0 Å². The fourth-order valence-corrected chi connectivity index (χ4v) is 3.90. The summed E-state index contributed by atoms with van der Waals surface area (Å²) in [6.45, 7) is 10.6. The minimum atomic E-state index is -0.728. The van der Waals surface area contributed by atoms with Crippen LogP contribution in [-0.4, -0.2) is 15.8 Å². The van der Waals surface area contributed by atoms with Gasteiger partial charge in [-0.1, -0.05) is 70.2 Å². The van der Waals surface area contributed by atoms with Crippen LogP contribution < -0.4 is 0 Å². The van der Waals surface area contributed by atoms with Crippen LogP contribution in [0.25, 0.3) is 6.08 Å². The van der Waals surface area contributed by atoms with Crippen molar-refractivity contribution in [3.8, 4) is 5.75 Å². The van der Waals surface area contributed by atoms with Crippen molar-refractivity contribution in [2.45, 2.75) is 71.3 Å². The Kier molecular flexibility index (Phi) is 6.89. The third-order valence-corrected chi connectivity index (χ3v) is 6.25. The highest BCUT2D eigenvalue weighted by molar-refractivity contribution is 5.57. The first-order valence-electron chi connectivity index (χ1n) is 10.2. The van der Waals surface area contributed by atoms with Crippen molar-refractivity contribution in [1.82, 2.24) is 0 Å². The van der Waals surface area contributed by atoms with E-state index in [1.54, 1.807) is 12.1 Å². The van der Waals surface area contributed by atoms with Gasteiger partial charge in [-0.15, -0.1) is 0 Å². The van der Waals surface area contributed by atoms with Crippen molar-refractivity contribution in [3.05, 3.63) is 70.8 Å². The smallest absolute Gasteiger partial charge is 0.115 e. The first kappa shape index (κ1) is 21.2. The number of phenolic OH excluding ortho intramolecular Hbond substituents is 1. The van der Waals surface area contributed by atoms with Crippen LogP contribution in [0.3, 0.4) is 0 Å². The summed E-state index contributed by atoms with van der Waals surface area (Å²) in [5.74, 6) is 0.302. The zero-order valence-corrected chi connectivity index (χ0v) is 17.4. The molecule has 2 N–H and O–H groups in total. The molecule has 2 nitrogen and oxygen atoms in total. The fourth-order valence-electron chi connectivity index (χ4n) is 3.90. The molecule has 2 aromatic rings. The molecule has 0 heterocycles. The first-order chi connectivity index (χ1) is 12.8. The SMILES string of the molecule is CCC(O)(C=Cc1ccc(C(CC)(CC)c2ccc(O)cc2)cc1C)CC. The van der Waals surface area contributed by atoms with E-state index >= 15 is 0 Å². The zero-order chi connectivity index (χ0) is 20.1. The molecule has 2 heteroatoms. The van der Waals surface area contributed by atoms with Crippen LogP contribution in [0.5, 0.6) is 5.75 Å². The van der Waals surface area contributed by atoms with Gasteiger partial charge in [0.1, 0.15) is 5.75 Å². The summed E-state index contributed by atoms with van der Waals surface area (Å²) >= 11 is 0. The number of hydrogen-bond acceptors (Lipinski definition) is 2. The van der Waals surface area contributed by atoms with Crippen molar-refractivity contribution in [2.75, 3.05) is 0 Å². The summed E-state index contributed by atoms with van der Waals surface area (Å²) in [7, 11) is 0. The van der Waals surface area contributed by atoms with E-state index in [0.29, 0.717) is 18.6 Å². The van der Waals surface area contributed by atoms with E-state index in [-0.39, 0.29) is 5.41 Å². The Bertz CT molecular complexity index is 763. The van der Waals surface area contributed by atoms with E-state index in [9.17, 15) is 10.2 Å². The molecule has 27 heavy (non-hydrogen) atoms. The number of hydrogen-bond donors (Lipinski definition) is 2. The third kappa shape index (κ3) is 4.44. The molecule has 0 aromatic heterocycles. The van der Waals surface area contributed by atoms with Gasteiger partial charge < -0.3 is 10.2 Å². The van der Waals surface area contributed by atoms with E-state index < -0.39 is 5.60 Å². The molecular formula is C25H34O2. The average Bonchev–Trinajstić information content (AvgIpc) is 2.69. The van der Waals surface area contributed by atoms with Crippen molar-refractivity contribution in [2.24, 2.45) is 0 Å². The average molecular weight is 367 g/mol. The lowest BCUT2D eigenvalue weighted by atomic mass is 9.70. The number of benzene rings is 2. The zero-order valence-electron chi connectivity index (χ0n) is 17.4. The highest BCUT2D eigenvalue weighted by Crippen LogP contribution is 2.40. The Hall–Kier alpha value is -2.06. The molecule has 0 radical (unpaired) electrons. The van der Waals surface area contributed by atoms with E-state index in [2.05, 4.69) is 39.0 Å². The Morgan fingerprint density at radius 2 is 1.37 bits per heavy atom. The van der Waals surface area contributed by atoms with Crippen LogP contribution in [0, 0.1) is 6.92 Å². The van der Waals surface area contributed by atoms with Gasteiger partial charge in [0, 0.05) is 5.41 Å². The van der Waals surface area contributed by atoms with E-state index in [1.165, 1.54) is 16.7 Å². The van der Waals surface area contributed by atoms with Crippen LogP contribution in [0.4, 0.5) is 0 Å². The van der Waals surface area contributed by atoms with Gasteiger partial charge in [0.15, 0.2) is 0 Å². The fraction of sp³-hybridized carbons (Fsp3) is 0.440. The van der Waals surface area contributed by atoms with E-state index in [0.717, 1.165) is 18.4 Å². The topological polar surface area (TPSA) is 40.5 Å². The second kappa shape index (κ2) is 8.75. The maximum atomic E-state index is 10.5. The molecule has 0 aliphatic carbocycles. The summed E-state index contributed by atoms with van der Waals surface area (Å²) in [4.78, 5) is 0. The standard InChI is InChI=1S/C25H34O2/c1-6-24(27,7-2)17-16-20-10-11-22(18-19(20)5)25(8-3,9-4)21-12-14-23(26)15-13-21/h10-18,26-27H,6-9H2,1-5H3. The van der Waals surface area contributed by atoms with Gasteiger partial charge in [0.25, 0.3) is 0 Å². The first-order valence-corrected chi connectivity index (χ1v) is 10.2. The maximum Gasteiger partial charge on any atom is 0.115 e. The number of aromatic hydroxyl groups is 1. The highest BCUT2D eigenvalue weighted by atomic mass is 16.3. The van der Waals surface area contributed by atoms with Gasteiger partial charge in [0.2, 0.25) is 0 Å². The molecule has 0 unspecified atom stereocenters. The second-order valence-electron chi connectivity index (χ2n) is 7.55. The lowest BCUT2D eigenvalue weighted by Crippen LogP contribution is -2.26. The molecule has 0 atom stereocenters. The van der Waals surface area contributed by atoms with Gasteiger partial charge in [-0.2, -0.15) is 0 Å². The summed E-state index contributed by atoms with van der Waals surface area (Å²) < 4.78 is 0. The Morgan fingerprint density at radius 1 is 0.815 bits per heavy atom. The van der Waals surface area contributed by atoms with Crippen LogP contribution in [0.2, 0.25) is 0 Å². The molecule has 146 valence electrons. The summed E-state index contributed by atoms with van der Waals surface area (Å²) in [5, 5.41) is 20.2. The van der Waals surface area contributed by atoms with Gasteiger partial charge in [-0.05, 0) is 67.0 Å². The quantitative estimate of drug-likeness (QED) is 0.570. The predicted molar refractivity (Wildman–Crippen MR) is 115 cm³/mol.